The van der Waals surface area contributed by atoms with Crippen molar-refractivity contribution in [2.24, 2.45) is 5.92 Å². The van der Waals surface area contributed by atoms with Crippen molar-refractivity contribution in [3.8, 4) is 0 Å². The number of nitrogens with zero attached hydrogens (tertiary/aromatic N) is 2. The van der Waals surface area contributed by atoms with Gasteiger partial charge in [0.2, 0.25) is 0 Å². The Kier molecular flexibility index (Phi) is 5.52. The van der Waals surface area contributed by atoms with Crippen molar-refractivity contribution in [3.63, 3.8) is 0 Å². The first kappa shape index (κ1) is 15.7. The summed E-state index contributed by atoms with van der Waals surface area (Å²) < 4.78 is 0. The Labute approximate surface area is 124 Å². The van der Waals surface area contributed by atoms with Crippen molar-refractivity contribution in [3.05, 3.63) is 33.9 Å². The zero-order valence-corrected chi connectivity index (χ0v) is 12.4. The van der Waals surface area contributed by atoms with Gasteiger partial charge in [0.1, 0.15) is 5.69 Å². The molecule has 0 unspecified atom stereocenters. The monoisotopic (exact) mass is 293 g/mol. The average Bonchev–Trinajstić information content (AvgIpc) is 2.48. The second kappa shape index (κ2) is 7.38. The molecule has 1 aliphatic heterocycles. The molecule has 0 bridgehead atoms. The molecule has 0 saturated carbocycles. The van der Waals surface area contributed by atoms with E-state index in [0.29, 0.717) is 18.2 Å². The van der Waals surface area contributed by atoms with E-state index >= 15 is 0 Å². The highest BCUT2D eigenvalue weighted by Crippen LogP contribution is 2.26. The number of hydrogen-bond acceptors (Lipinski definition) is 5. The summed E-state index contributed by atoms with van der Waals surface area (Å²) in [6.45, 7) is 5.60. The summed E-state index contributed by atoms with van der Waals surface area (Å²) in [5, 5.41) is 23.2. The standard InChI is InChI=1S/C15H23N3O3/c1-2-16-14-9-13(3-4-15(14)18(20)21)10-17-7-5-12(11-19)6-8-17/h3-4,9,12,16,19H,2,5-8,10-11H2,1H3. The van der Waals surface area contributed by atoms with Crippen molar-refractivity contribution < 1.29 is 10.0 Å². The second-order valence-corrected chi connectivity index (χ2v) is 5.54. The van der Waals surface area contributed by atoms with Gasteiger partial charge in [0.05, 0.1) is 4.92 Å². The van der Waals surface area contributed by atoms with Crippen LogP contribution in [-0.2, 0) is 6.54 Å². The van der Waals surface area contributed by atoms with Crippen LogP contribution in [0.15, 0.2) is 18.2 Å². The third-order valence-electron chi connectivity index (χ3n) is 4.00. The molecule has 2 rings (SSSR count). The van der Waals surface area contributed by atoms with Crippen LogP contribution in [0.2, 0.25) is 0 Å². The smallest absolute Gasteiger partial charge is 0.292 e. The molecule has 6 nitrogen and oxygen atoms in total. The van der Waals surface area contributed by atoms with E-state index in [-0.39, 0.29) is 17.2 Å². The first-order valence-corrected chi connectivity index (χ1v) is 7.48. The van der Waals surface area contributed by atoms with Gasteiger partial charge in [-0.15, -0.1) is 0 Å². The maximum absolute atomic E-state index is 11.0. The van der Waals surface area contributed by atoms with Crippen LogP contribution in [0.1, 0.15) is 25.3 Å². The van der Waals surface area contributed by atoms with Gasteiger partial charge < -0.3 is 10.4 Å². The topological polar surface area (TPSA) is 78.6 Å². The van der Waals surface area contributed by atoms with Crippen LogP contribution in [0.3, 0.4) is 0 Å². The van der Waals surface area contributed by atoms with Crippen molar-refractivity contribution >= 4 is 11.4 Å². The lowest BCUT2D eigenvalue weighted by Crippen LogP contribution is -2.34. The predicted octanol–water partition coefficient (Wildman–Crippen LogP) is 2.23. The summed E-state index contributed by atoms with van der Waals surface area (Å²) >= 11 is 0. The Balaban J connectivity index is 2.03. The molecular formula is C15H23N3O3. The zero-order valence-electron chi connectivity index (χ0n) is 12.4. The highest BCUT2D eigenvalue weighted by atomic mass is 16.6. The Bertz CT molecular complexity index is 485. The van der Waals surface area contributed by atoms with E-state index in [4.69, 9.17) is 5.11 Å². The molecule has 6 heteroatoms. The largest absolute Gasteiger partial charge is 0.396 e. The van der Waals surface area contributed by atoms with E-state index < -0.39 is 0 Å². The number of benzene rings is 1. The minimum absolute atomic E-state index is 0.125. The third-order valence-corrected chi connectivity index (χ3v) is 4.00. The Morgan fingerprint density at radius 1 is 1.43 bits per heavy atom. The van der Waals surface area contributed by atoms with E-state index in [9.17, 15) is 10.1 Å². The van der Waals surface area contributed by atoms with Gasteiger partial charge in [0.15, 0.2) is 0 Å². The highest BCUT2D eigenvalue weighted by Gasteiger charge is 2.19. The van der Waals surface area contributed by atoms with Gasteiger partial charge in [-0.2, -0.15) is 0 Å². The maximum atomic E-state index is 11.0. The molecule has 1 saturated heterocycles. The van der Waals surface area contributed by atoms with Crippen molar-refractivity contribution in [2.45, 2.75) is 26.3 Å². The van der Waals surface area contributed by atoms with Gasteiger partial charge >= 0.3 is 0 Å². The number of anilines is 1. The van der Waals surface area contributed by atoms with E-state index in [1.54, 1.807) is 6.07 Å². The van der Waals surface area contributed by atoms with Gasteiger partial charge in [-0.05, 0) is 50.4 Å². The second-order valence-electron chi connectivity index (χ2n) is 5.54. The molecule has 2 N–H and O–H groups in total. The summed E-state index contributed by atoms with van der Waals surface area (Å²) in [6.07, 6.45) is 2.03. The van der Waals surface area contributed by atoms with Crippen LogP contribution >= 0.6 is 0 Å². The van der Waals surface area contributed by atoms with Crippen LogP contribution in [0.5, 0.6) is 0 Å². The Morgan fingerprint density at radius 3 is 2.71 bits per heavy atom. The molecule has 0 spiro atoms. The SMILES string of the molecule is CCNc1cc(CN2CCC(CO)CC2)ccc1[N+](=O)[O-]. The van der Waals surface area contributed by atoms with E-state index in [1.165, 1.54) is 0 Å². The molecule has 0 amide bonds. The van der Waals surface area contributed by atoms with Crippen LogP contribution in [0.25, 0.3) is 0 Å². The molecule has 1 aromatic carbocycles. The fourth-order valence-electron chi connectivity index (χ4n) is 2.76. The average molecular weight is 293 g/mol. The number of aliphatic hydroxyl groups excluding tert-OH is 1. The first-order chi connectivity index (χ1) is 10.1. The Hall–Kier alpha value is -1.66. The van der Waals surface area contributed by atoms with E-state index in [2.05, 4.69) is 10.2 Å². The van der Waals surface area contributed by atoms with Crippen molar-refractivity contribution in [2.75, 3.05) is 31.6 Å². The predicted molar refractivity (Wildman–Crippen MR) is 82.3 cm³/mol. The molecule has 0 aromatic heterocycles. The van der Waals surface area contributed by atoms with Crippen LogP contribution in [-0.4, -0.2) is 41.2 Å². The van der Waals surface area contributed by atoms with Gasteiger partial charge in [-0.25, -0.2) is 0 Å². The van der Waals surface area contributed by atoms with Gasteiger partial charge in [0.25, 0.3) is 5.69 Å². The number of piperidine rings is 1. The number of aliphatic hydroxyl groups is 1. The summed E-state index contributed by atoms with van der Waals surface area (Å²) in [7, 11) is 0. The molecule has 116 valence electrons. The highest BCUT2D eigenvalue weighted by molar-refractivity contribution is 5.62. The zero-order chi connectivity index (χ0) is 15.2. The summed E-state index contributed by atoms with van der Waals surface area (Å²) in [6, 6.07) is 5.28. The third kappa shape index (κ3) is 4.15. The summed E-state index contributed by atoms with van der Waals surface area (Å²) in [5.74, 6) is 0.426. The normalized spacial score (nSPS) is 16.9. The van der Waals surface area contributed by atoms with E-state index in [1.807, 2.05) is 19.1 Å². The van der Waals surface area contributed by atoms with Crippen molar-refractivity contribution in [1.82, 2.24) is 4.90 Å². The fourth-order valence-corrected chi connectivity index (χ4v) is 2.76. The molecule has 1 aromatic rings. The minimum Gasteiger partial charge on any atom is -0.396 e. The molecule has 1 heterocycles. The van der Waals surface area contributed by atoms with Gasteiger partial charge in [-0.3, -0.25) is 15.0 Å². The molecule has 21 heavy (non-hydrogen) atoms. The maximum Gasteiger partial charge on any atom is 0.292 e. The number of nitro groups is 1. The lowest BCUT2D eigenvalue weighted by molar-refractivity contribution is -0.384. The summed E-state index contributed by atoms with van der Waals surface area (Å²) in [4.78, 5) is 13.0. The Morgan fingerprint density at radius 2 is 2.14 bits per heavy atom. The molecular weight excluding hydrogens is 270 g/mol. The molecule has 0 radical (unpaired) electrons. The number of nitrogens with one attached hydrogen (secondary N) is 1. The van der Waals surface area contributed by atoms with Gasteiger partial charge in [-0.1, -0.05) is 6.07 Å². The molecule has 1 aliphatic rings. The first-order valence-electron chi connectivity index (χ1n) is 7.48. The van der Waals surface area contributed by atoms with Crippen molar-refractivity contribution in [1.29, 1.82) is 0 Å². The van der Waals surface area contributed by atoms with Gasteiger partial charge in [0, 0.05) is 25.8 Å². The van der Waals surface area contributed by atoms with Crippen LogP contribution in [0.4, 0.5) is 11.4 Å². The molecule has 0 aliphatic carbocycles. The number of nitro benzene ring substituents is 1. The van der Waals surface area contributed by atoms with Crippen LogP contribution < -0.4 is 5.32 Å². The van der Waals surface area contributed by atoms with Crippen LogP contribution in [0, 0.1) is 16.0 Å². The minimum atomic E-state index is -0.353. The quantitative estimate of drug-likeness (QED) is 0.621. The summed E-state index contributed by atoms with van der Waals surface area (Å²) in [5.41, 5.74) is 1.80. The fraction of sp³-hybridized carbons (Fsp3) is 0.600. The number of rotatable bonds is 6. The number of likely N-dealkylation sites (tertiary alicyclic amines) is 1. The lowest BCUT2D eigenvalue weighted by Gasteiger charge is -2.31. The molecule has 1 fully saturated rings. The lowest BCUT2D eigenvalue weighted by atomic mass is 9.97. The van der Waals surface area contributed by atoms with E-state index in [0.717, 1.165) is 38.0 Å². The number of hydrogen-bond donors (Lipinski definition) is 2. The molecule has 0 atom stereocenters.